The number of hydrogen-bond acceptors (Lipinski definition) is 7. The molecule has 2 aromatic rings. The minimum absolute atomic E-state index is 0.247. The van der Waals surface area contributed by atoms with Gasteiger partial charge in [-0.2, -0.15) is 0 Å². The third kappa shape index (κ3) is 3.40. The number of fused-ring (bicyclic) bond motifs is 1. The Morgan fingerprint density at radius 2 is 2.04 bits per heavy atom. The molecular formula is C18H20N4O4. The SMILES string of the molecule is O=C(O)c1ncc2c(n1)N(c1ccc(OC3CCCCC3)nc1)CCO2. The van der Waals surface area contributed by atoms with Crippen molar-refractivity contribution in [1.29, 1.82) is 0 Å². The summed E-state index contributed by atoms with van der Waals surface area (Å²) in [6, 6.07) is 3.75. The fraction of sp³-hybridized carbons (Fsp3) is 0.444. The molecule has 8 nitrogen and oxygen atoms in total. The minimum Gasteiger partial charge on any atom is -0.486 e. The summed E-state index contributed by atoms with van der Waals surface area (Å²) in [6.45, 7) is 1.01. The Labute approximate surface area is 150 Å². The lowest BCUT2D eigenvalue weighted by Crippen LogP contribution is -2.30. The average Bonchev–Trinajstić information content (AvgIpc) is 2.68. The highest BCUT2D eigenvalue weighted by Gasteiger charge is 2.24. The van der Waals surface area contributed by atoms with Crippen LogP contribution in [0.3, 0.4) is 0 Å². The number of anilines is 2. The third-order valence-electron chi connectivity index (χ3n) is 4.63. The van der Waals surface area contributed by atoms with E-state index in [1.807, 2.05) is 17.0 Å². The highest BCUT2D eigenvalue weighted by Crippen LogP contribution is 2.34. The van der Waals surface area contributed by atoms with Gasteiger partial charge in [0.2, 0.25) is 11.7 Å². The average molecular weight is 356 g/mol. The van der Waals surface area contributed by atoms with E-state index in [1.54, 1.807) is 6.20 Å². The molecule has 0 spiro atoms. The molecule has 1 aliphatic heterocycles. The normalized spacial score (nSPS) is 17.3. The van der Waals surface area contributed by atoms with Gasteiger partial charge < -0.3 is 19.5 Å². The Kier molecular flexibility index (Phi) is 4.55. The van der Waals surface area contributed by atoms with Crippen molar-refractivity contribution in [3.05, 3.63) is 30.4 Å². The molecule has 0 amide bonds. The maximum absolute atomic E-state index is 11.2. The maximum Gasteiger partial charge on any atom is 0.374 e. The van der Waals surface area contributed by atoms with Crippen molar-refractivity contribution >= 4 is 17.5 Å². The summed E-state index contributed by atoms with van der Waals surface area (Å²) in [5.74, 6) is 0.0790. The van der Waals surface area contributed by atoms with E-state index >= 15 is 0 Å². The van der Waals surface area contributed by atoms with Crippen LogP contribution in [0.2, 0.25) is 0 Å². The zero-order valence-corrected chi connectivity index (χ0v) is 14.3. The number of carboxylic acids is 1. The molecule has 0 saturated heterocycles. The van der Waals surface area contributed by atoms with Crippen LogP contribution in [0.5, 0.6) is 11.6 Å². The Hall–Kier alpha value is -2.90. The number of rotatable bonds is 4. The predicted molar refractivity (Wildman–Crippen MR) is 93.2 cm³/mol. The van der Waals surface area contributed by atoms with Gasteiger partial charge in [-0.25, -0.2) is 19.7 Å². The first-order valence-corrected chi connectivity index (χ1v) is 8.84. The van der Waals surface area contributed by atoms with E-state index in [9.17, 15) is 4.79 Å². The smallest absolute Gasteiger partial charge is 0.374 e. The summed E-state index contributed by atoms with van der Waals surface area (Å²) in [7, 11) is 0. The van der Waals surface area contributed by atoms with Crippen LogP contribution in [-0.4, -0.2) is 45.3 Å². The largest absolute Gasteiger partial charge is 0.486 e. The number of nitrogens with zero attached hydrogens (tertiary/aromatic N) is 4. The highest BCUT2D eigenvalue weighted by molar-refractivity contribution is 5.84. The summed E-state index contributed by atoms with van der Waals surface area (Å²) >= 11 is 0. The van der Waals surface area contributed by atoms with Crippen molar-refractivity contribution in [2.75, 3.05) is 18.1 Å². The Bertz CT molecular complexity index is 790. The van der Waals surface area contributed by atoms with Crippen molar-refractivity contribution in [2.24, 2.45) is 0 Å². The van der Waals surface area contributed by atoms with Crippen molar-refractivity contribution in [2.45, 2.75) is 38.2 Å². The fourth-order valence-corrected chi connectivity index (χ4v) is 3.32. The molecular weight excluding hydrogens is 336 g/mol. The third-order valence-corrected chi connectivity index (χ3v) is 4.63. The molecule has 3 heterocycles. The van der Waals surface area contributed by atoms with Crippen LogP contribution >= 0.6 is 0 Å². The molecule has 0 bridgehead atoms. The van der Waals surface area contributed by atoms with Gasteiger partial charge in [-0.15, -0.1) is 0 Å². The van der Waals surface area contributed by atoms with Gasteiger partial charge in [-0.3, -0.25) is 0 Å². The molecule has 136 valence electrons. The van der Waals surface area contributed by atoms with E-state index in [1.165, 1.54) is 25.5 Å². The summed E-state index contributed by atoms with van der Waals surface area (Å²) in [6.07, 6.45) is 9.21. The topological polar surface area (TPSA) is 97.7 Å². The van der Waals surface area contributed by atoms with E-state index in [2.05, 4.69) is 15.0 Å². The number of carbonyl (C=O) groups is 1. The second-order valence-corrected chi connectivity index (χ2v) is 6.42. The predicted octanol–water partition coefficient (Wildman–Crippen LogP) is 2.81. The van der Waals surface area contributed by atoms with E-state index in [0.29, 0.717) is 30.6 Å². The molecule has 0 aromatic carbocycles. The summed E-state index contributed by atoms with van der Waals surface area (Å²) in [4.78, 5) is 25.4. The van der Waals surface area contributed by atoms with Gasteiger partial charge in [-0.05, 0) is 31.7 Å². The molecule has 1 N–H and O–H groups in total. The molecule has 2 aliphatic rings. The fourth-order valence-electron chi connectivity index (χ4n) is 3.32. The van der Waals surface area contributed by atoms with Crippen LogP contribution in [0.15, 0.2) is 24.5 Å². The lowest BCUT2D eigenvalue weighted by atomic mass is 9.98. The van der Waals surface area contributed by atoms with Crippen molar-refractivity contribution < 1.29 is 19.4 Å². The van der Waals surface area contributed by atoms with E-state index in [0.717, 1.165) is 18.5 Å². The van der Waals surface area contributed by atoms with E-state index in [4.69, 9.17) is 14.6 Å². The first-order valence-electron chi connectivity index (χ1n) is 8.84. The lowest BCUT2D eigenvalue weighted by Gasteiger charge is -2.29. The molecule has 8 heteroatoms. The standard InChI is InChI=1S/C18H20N4O4/c23-18(24)16-20-11-14-17(21-16)22(8-9-25-14)12-6-7-15(19-10-12)26-13-4-2-1-3-5-13/h6-7,10-11,13H,1-5,8-9H2,(H,23,24). The zero-order chi connectivity index (χ0) is 17.9. The van der Waals surface area contributed by atoms with Gasteiger partial charge in [-0.1, -0.05) is 6.42 Å². The molecule has 0 atom stereocenters. The number of ether oxygens (including phenoxy) is 2. The minimum atomic E-state index is -1.17. The van der Waals surface area contributed by atoms with Crippen molar-refractivity contribution in [1.82, 2.24) is 15.0 Å². The number of aromatic nitrogens is 3. The van der Waals surface area contributed by atoms with Gasteiger partial charge in [0, 0.05) is 6.07 Å². The van der Waals surface area contributed by atoms with Crippen LogP contribution < -0.4 is 14.4 Å². The quantitative estimate of drug-likeness (QED) is 0.893. The Balaban J connectivity index is 1.55. The molecule has 0 unspecified atom stereocenters. The number of carboxylic acid groups (broad SMARTS) is 1. The van der Waals surface area contributed by atoms with Gasteiger partial charge >= 0.3 is 5.97 Å². The molecule has 0 radical (unpaired) electrons. The summed E-state index contributed by atoms with van der Waals surface area (Å²) < 4.78 is 11.5. The molecule has 1 aliphatic carbocycles. The molecule has 2 aromatic heterocycles. The Morgan fingerprint density at radius 3 is 2.77 bits per heavy atom. The van der Waals surface area contributed by atoms with Crippen LogP contribution in [-0.2, 0) is 0 Å². The first-order chi connectivity index (χ1) is 12.7. The molecule has 4 rings (SSSR count). The van der Waals surface area contributed by atoms with Gasteiger partial charge in [0.1, 0.15) is 12.7 Å². The Morgan fingerprint density at radius 1 is 1.19 bits per heavy atom. The number of aromatic carboxylic acids is 1. The maximum atomic E-state index is 11.2. The van der Waals surface area contributed by atoms with Crippen LogP contribution in [0.25, 0.3) is 0 Å². The second-order valence-electron chi connectivity index (χ2n) is 6.42. The first kappa shape index (κ1) is 16.6. The van der Waals surface area contributed by atoms with E-state index in [-0.39, 0.29) is 11.9 Å². The second kappa shape index (κ2) is 7.15. The zero-order valence-electron chi connectivity index (χ0n) is 14.3. The highest BCUT2D eigenvalue weighted by atomic mass is 16.5. The van der Waals surface area contributed by atoms with Crippen LogP contribution in [0.4, 0.5) is 11.5 Å². The molecule has 26 heavy (non-hydrogen) atoms. The van der Waals surface area contributed by atoms with Gasteiger partial charge in [0.15, 0.2) is 11.6 Å². The molecule has 1 saturated carbocycles. The van der Waals surface area contributed by atoms with Crippen LogP contribution in [0, 0.1) is 0 Å². The van der Waals surface area contributed by atoms with Gasteiger partial charge in [0.05, 0.1) is 24.6 Å². The number of pyridine rings is 1. The van der Waals surface area contributed by atoms with Gasteiger partial charge in [0.25, 0.3) is 0 Å². The lowest BCUT2D eigenvalue weighted by molar-refractivity contribution is 0.0683. The summed E-state index contributed by atoms with van der Waals surface area (Å²) in [5.41, 5.74) is 0.806. The molecule has 1 fully saturated rings. The van der Waals surface area contributed by atoms with Crippen LogP contribution in [0.1, 0.15) is 42.7 Å². The van der Waals surface area contributed by atoms with Crippen molar-refractivity contribution in [3.8, 4) is 11.6 Å². The number of hydrogen-bond donors (Lipinski definition) is 1. The van der Waals surface area contributed by atoms with E-state index < -0.39 is 5.97 Å². The van der Waals surface area contributed by atoms with Crippen molar-refractivity contribution in [3.63, 3.8) is 0 Å². The monoisotopic (exact) mass is 356 g/mol. The summed E-state index contributed by atoms with van der Waals surface area (Å²) in [5, 5.41) is 9.12.